The maximum absolute atomic E-state index is 14.9. The molecule has 1 unspecified atom stereocenters. The first kappa shape index (κ1) is 14.8. The minimum absolute atomic E-state index is 0.227. The molecule has 0 saturated heterocycles. The third-order valence-corrected chi connectivity index (χ3v) is 4.67. The standard InChI is InChI=1S/C15H22ClFN4/c1-15(17)9-20(2)12-8-18-14(16)19-13(12)21(10-15)11-6-4-3-5-7-11/h8,11H,3-7,9-10H2,1-2H3. The molecule has 1 aliphatic carbocycles. The Bertz CT molecular complexity index is 516. The molecule has 0 radical (unpaired) electrons. The van der Waals surface area contributed by atoms with Gasteiger partial charge in [-0.25, -0.2) is 9.37 Å². The second-order valence-electron chi connectivity index (χ2n) is 6.54. The molecule has 1 fully saturated rings. The molecule has 3 rings (SSSR count). The number of halogens is 2. The van der Waals surface area contributed by atoms with Crippen LogP contribution in [0, 0.1) is 0 Å². The molecule has 1 atom stereocenters. The van der Waals surface area contributed by atoms with E-state index < -0.39 is 5.67 Å². The third-order valence-electron chi connectivity index (χ3n) is 4.49. The maximum atomic E-state index is 14.9. The van der Waals surface area contributed by atoms with Crippen molar-refractivity contribution in [2.24, 2.45) is 0 Å². The van der Waals surface area contributed by atoms with Gasteiger partial charge in [0.1, 0.15) is 5.67 Å². The Morgan fingerprint density at radius 2 is 2.00 bits per heavy atom. The fourth-order valence-corrected chi connectivity index (χ4v) is 3.71. The SMILES string of the molecule is CN1CC(C)(F)CN(C2CCCCC2)c2nc(Cl)ncc21. The zero-order chi connectivity index (χ0) is 15.0. The van der Waals surface area contributed by atoms with Gasteiger partial charge in [0.2, 0.25) is 5.28 Å². The summed E-state index contributed by atoms with van der Waals surface area (Å²) in [5.74, 6) is 0.783. The Morgan fingerprint density at radius 1 is 1.29 bits per heavy atom. The van der Waals surface area contributed by atoms with Gasteiger partial charge in [-0.2, -0.15) is 4.98 Å². The summed E-state index contributed by atoms with van der Waals surface area (Å²) in [5, 5.41) is 0.227. The lowest BCUT2D eigenvalue weighted by molar-refractivity contribution is 0.198. The summed E-state index contributed by atoms with van der Waals surface area (Å²) < 4.78 is 14.9. The average Bonchev–Trinajstić information content (AvgIpc) is 2.54. The summed E-state index contributed by atoms with van der Waals surface area (Å²) >= 11 is 5.99. The second kappa shape index (κ2) is 5.59. The Hall–Kier alpha value is -1.10. The van der Waals surface area contributed by atoms with Crippen LogP contribution in [0.4, 0.5) is 15.9 Å². The number of hydrogen-bond donors (Lipinski definition) is 0. The monoisotopic (exact) mass is 312 g/mol. The summed E-state index contributed by atoms with van der Waals surface area (Å²) in [6, 6.07) is 0.352. The molecule has 0 N–H and O–H groups in total. The molecule has 1 aromatic heterocycles. The van der Waals surface area contributed by atoms with Crippen molar-refractivity contribution >= 4 is 23.1 Å². The first-order valence-electron chi connectivity index (χ1n) is 7.65. The average molecular weight is 313 g/mol. The molecule has 0 aromatic carbocycles. The van der Waals surface area contributed by atoms with E-state index in [4.69, 9.17) is 11.6 Å². The molecule has 0 amide bonds. The van der Waals surface area contributed by atoms with Crippen molar-refractivity contribution in [3.8, 4) is 0 Å². The van der Waals surface area contributed by atoms with Crippen LogP contribution in [0.25, 0.3) is 0 Å². The number of rotatable bonds is 1. The summed E-state index contributed by atoms with van der Waals surface area (Å²) in [5.41, 5.74) is -0.411. The quantitative estimate of drug-likeness (QED) is 0.744. The highest BCUT2D eigenvalue weighted by molar-refractivity contribution is 6.28. The van der Waals surface area contributed by atoms with Crippen LogP contribution in [0.5, 0.6) is 0 Å². The smallest absolute Gasteiger partial charge is 0.224 e. The van der Waals surface area contributed by atoms with Gasteiger partial charge in [-0.15, -0.1) is 0 Å². The first-order valence-corrected chi connectivity index (χ1v) is 8.03. The summed E-state index contributed by atoms with van der Waals surface area (Å²) in [7, 11) is 1.89. The van der Waals surface area contributed by atoms with Gasteiger partial charge in [0.05, 0.1) is 25.0 Å². The van der Waals surface area contributed by atoms with Crippen molar-refractivity contribution in [2.45, 2.75) is 50.7 Å². The minimum Gasteiger partial charge on any atom is -0.367 e. The van der Waals surface area contributed by atoms with Crippen LogP contribution in [-0.2, 0) is 0 Å². The van der Waals surface area contributed by atoms with Gasteiger partial charge >= 0.3 is 0 Å². The lowest BCUT2D eigenvalue weighted by Gasteiger charge is -2.37. The summed E-state index contributed by atoms with van der Waals surface area (Å²) in [6.45, 7) is 2.37. The van der Waals surface area contributed by atoms with Crippen LogP contribution in [0.2, 0.25) is 5.28 Å². The van der Waals surface area contributed by atoms with E-state index in [1.54, 1.807) is 13.1 Å². The van der Waals surface area contributed by atoms with E-state index >= 15 is 0 Å². The molecule has 0 spiro atoms. The molecule has 116 valence electrons. The Labute approximate surface area is 130 Å². The fourth-order valence-electron chi connectivity index (χ4n) is 3.58. The number of fused-ring (bicyclic) bond motifs is 1. The molecule has 1 saturated carbocycles. The molecule has 2 aliphatic rings. The Kier molecular flexibility index (Phi) is 3.95. The molecule has 1 aromatic rings. The summed E-state index contributed by atoms with van der Waals surface area (Å²) in [6.07, 6.45) is 7.58. The van der Waals surface area contributed by atoms with Crippen LogP contribution >= 0.6 is 11.6 Å². The van der Waals surface area contributed by atoms with Gasteiger partial charge in [0.25, 0.3) is 0 Å². The highest BCUT2D eigenvalue weighted by atomic mass is 35.5. The number of alkyl halides is 1. The predicted octanol–water partition coefficient (Wildman–Crippen LogP) is 3.45. The van der Waals surface area contributed by atoms with Crippen LogP contribution in [0.1, 0.15) is 39.0 Å². The molecule has 2 heterocycles. The molecule has 0 bridgehead atoms. The van der Waals surface area contributed by atoms with E-state index in [2.05, 4.69) is 14.9 Å². The van der Waals surface area contributed by atoms with Crippen molar-refractivity contribution in [2.75, 3.05) is 29.9 Å². The van der Waals surface area contributed by atoms with Crippen LogP contribution < -0.4 is 9.80 Å². The van der Waals surface area contributed by atoms with E-state index in [0.717, 1.165) is 24.3 Å². The molecule has 6 heteroatoms. The minimum atomic E-state index is -1.28. The number of nitrogens with zero attached hydrogens (tertiary/aromatic N) is 4. The van der Waals surface area contributed by atoms with Gasteiger partial charge in [-0.3, -0.25) is 0 Å². The first-order chi connectivity index (χ1) is 9.96. The molecular formula is C15H22ClFN4. The van der Waals surface area contributed by atoms with Crippen molar-refractivity contribution in [1.29, 1.82) is 0 Å². The van der Waals surface area contributed by atoms with E-state index in [-0.39, 0.29) is 5.28 Å². The molecule has 21 heavy (non-hydrogen) atoms. The topological polar surface area (TPSA) is 32.3 Å². The van der Waals surface area contributed by atoms with Crippen LogP contribution in [0.3, 0.4) is 0 Å². The highest BCUT2D eigenvalue weighted by Gasteiger charge is 2.37. The van der Waals surface area contributed by atoms with Gasteiger partial charge in [0.15, 0.2) is 5.82 Å². The van der Waals surface area contributed by atoms with Gasteiger partial charge < -0.3 is 9.80 Å². The van der Waals surface area contributed by atoms with E-state index in [1.165, 1.54) is 19.3 Å². The van der Waals surface area contributed by atoms with E-state index in [0.29, 0.717) is 19.1 Å². The van der Waals surface area contributed by atoms with Crippen molar-refractivity contribution < 1.29 is 4.39 Å². The number of anilines is 2. The van der Waals surface area contributed by atoms with Crippen molar-refractivity contribution in [3.63, 3.8) is 0 Å². The van der Waals surface area contributed by atoms with Crippen LogP contribution in [-0.4, -0.2) is 41.8 Å². The lowest BCUT2D eigenvalue weighted by Crippen LogP contribution is -2.46. The van der Waals surface area contributed by atoms with Gasteiger partial charge in [0, 0.05) is 13.1 Å². The Morgan fingerprint density at radius 3 is 2.71 bits per heavy atom. The highest BCUT2D eigenvalue weighted by Crippen LogP contribution is 2.37. The fraction of sp³-hybridized carbons (Fsp3) is 0.733. The maximum Gasteiger partial charge on any atom is 0.224 e. The zero-order valence-electron chi connectivity index (χ0n) is 12.6. The van der Waals surface area contributed by atoms with Crippen molar-refractivity contribution in [1.82, 2.24) is 9.97 Å². The van der Waals surface area contributed by atoms with Crippen LogP contribution in [0.15, 0.2) is 6.20 Å². The summed E-state index contributed by atoms with van der Waals surface area (Å²) in [4.78, 5) is 12.5. The third kappa shape index (κ3) is 3.07. The van der Waals surface area contributed by atoms with Crippen molar-refractivity contribution in [3.05, 3.63) is 11.5 Å². The normalized spacial score (nSPS) is 27.4. The number of hydrogen-bond acceptors (Lipinski definition) is 4. The molecule has 4 nitrogen and oxygen atoms in total. The van der Waals surface area contributed by atoms with E-state index in [9.17, 15) is 4.39 Å². The molecular weight excluding hydrogens is 291 g/mol. The lowest BCUT2D eigenvalue weighted by atomic mass is 9.93. The Balaban J connectivity index is 2.02. The number of aromatic nitrogens is 2. The van der Waals surface area contributed by atoms with E-state index in [1.807, 2.05) is 11.9 Å². The molecule has 1 aliphatic heterocycles. The zero-order valence-corrected chi connectivity index (χ0v) is 13.4. The van der Waals surface area contributed by atoms with Gasteiger partial charge in [-0.05, 0) is 31.4 Å². The van der Waals surface area contributed by atoms with Gasteiger partial charge in [-0.1, -0.05) is 19.3 Å². The largest absolute Gasteiger partial charge is 0.367 e. The predicted molar refractivity (Wildman–Crippen MR) is 84.0 cm³/mol. The second-order valence-corrected chi connectivity index (χ2v) is 6.88.